The highest BCUT2D eigenvalue weighted by Gasteiger charge is 2.34. The average Bonchev–Trinajstić information content (AvgIpc) is 4.31. The van der Waals surface area contributed by atoms with Crippen LogP contribution in [0.4, 0.5) is 0 Å². The summed E-state index contributed by atoms with van der Waals surface area (Å²) < 4.78 is 4.77. The van der Waals surface area contributed by atoms with E-state index >= 15 is 0 Å². The zero-order valence-electron chi connectivity index (χ0n) is 37.3. The predicted molar refractivity (Wildman–Crippen MR) is 267 cm³/mol. The lowest BCUT2D eigenvalue weighted by Crippen LogP contribution is -2.06. The lowest BCUT2D eigenvalue weighted by atomic mass is 10.1. The molecule has 16 rings (SSSR count). The molecule has 0 fully saturated rings. The number of nitrogens with zero attached hydrogens (tertiary/aromatic N) is 24. The fourth-order valence-electron chi connectivity index (χ4n) is 8.50. The molecule has 12 aromatic rings. The second kappa shape index (κ2) is 18.7. The summed E-state index contributed by atoms with van der Waals surface area (Å²) in [5, 5.41) is 60.0. The molecular formula is C48H40N24O4. The van der Waals surface area contributed by atoms with Gasteiger partial charge < -0.3 is 0 Å². The molecule has 28 heteroatoms. The van der Waals surface area contributed by atoms with Crippen LogP contribution in [0.5, 0.6) is 0 Å². The Hall–Kier alpha value is -10.8. The number of fused-ring (bicyclic) bond motifs is 16. The van der Waals surface area contributed by atoms with Gasteiger partial charge in [-0.1, -0.05) is 139 Å². The van der Waals surface area contributed by atoms with Gasteiger partial charge in [-0.2, -0.15) is 0 Å². The molecule has 4 aliphatic carbocycles. The zero-order valence-corrected chi connectivity index (χ0v) is 37.3. The number of carbonyl (C=O) groups excluding carboxylic acids is 4. The Morgan fingerprint density at radius 3 is 0.961 bits per heavy atom. The van der Waals surface area contributed by atoms with Crippen molar-refractivity contribution in [2.24, 2.45) is 0 Å². The largest absolute Gasteiger partial charge is 0.292 e. The predicted octanol–water partition coefficient (Wildman–Crippen LogP) is 4.28. The van der Waals surface area contributed by atoms with E-state index < -0.39 is 0 Å². The van der Waals surface area contributed by atoms with Crippen LogP contribution in [0.1, 0.15) is 116 Å². The highest BCUT2D eigenvalue weighted by molar-refractivity contribution is 6.22. The summed E-state index contributed by atoms with van der Waals surface area (Å²) in [5.74, 6) is 0.516. The first-order chi connectivity index (χ1) is 34.9. The number of hydrogen-bond donors (Lipinski definition) is 0. The number of rotatable bonds is 0. The van der Waals surface area contributed by atoms with E-state index in [2.05, 4.69) is 102 Å². The third kappa shape index (κ3) is 7.79. The fraction of sp³-hybridized carbons (Fsp3) is 0.167. The number of aryl methyl sites for hydroxylation is 4. The third-order valence-electron chi connectivity index (χ3n) is 11.8. The van der Waals surface area contributed by atoms with Gasteiger partial charge in [0.25, 0.3) is 23.1 Å². The number of tetrazole rings is 4. The summed E-state index contributed by atoms with van der Waals surface area (Å²) in [6.07, 6.45) is 0. The van der Waals surface area contributed by atoms with E-state index in [0.29, 0.717) is 67.8 Å². The van der Waals surface area contributed by atoms with Gasteiger partial charge in [-0.25, -0.2) is 19.9 Å². The van der Waals surface area contributed by atoms with Gasteiger partial charge in [0.15, 0.2) is 11.4 Å². The van der Waals surface area contributed by atoms with E-state index in [9.17, 15) is 19.2 Å². The van der Waals surface area contributed by atoms with Crippen molar-refractivity contribution in [2.45, 2.75) is 57.4 Å². The SMILES string of the molecule is C.C.C.C.Cc1ccc2c(c1)-c1nc3nnnn3nc1C2=O.Cc1ccc2c(c1)-c1nn3nnnc3nc1C2=O.Cc1ccc2c(c1)C(=O)c1nc3nnnn3nc1-2.Cc1ccc2c(c1)C(=O)c1nn3nnnc3nc1-2. The van der Waals surface area contributed by atoms with Crippen LogP contribution < -0.4 is 0 Å². The Morgan fingerprint density at radius 2 is 0.553 bits per heavy atom. The van der Waals surface area contributed by atoms with Crippen molar-refractivity contribution in [1.29, 1.82) is 0 Å². The van der Waals surface area contributed by atoms with E-state index in [4.69, 9.17) is 0 Å². The maximum Gasteiger partial charge on any atom is 0.292 e. The first-order valence-electron chi connectivity index (χ1n) is 21.4. The molecule has 28 nitrogen and oxygen atoms in total. The van der Waals surface area contributed by atoms with E-state index in [0.717, 1.165) is 53.8 Å². The van der Waals surface area contributed by atoms with Gasteiger partial charge in [-0.15, -0.1) is 20.4 Å². The van der Waals surface area contributed by atoms with Crippen LogP contribution in [0.3, 0.4) is 0 Å². The third-order valence-corrected chi connectivity index (χ3v) is 11.8. The van der Waals surface area contributed by atoms with Crippen molar-refractivity contribution >= 4 is 46.2 Å². The van der Waals surface area contributed by atoms with Crippen molar-refractivity contribution in [2.75, 3.05) is 0 Å². The molecule has 376 valence electrons. The molecule has 8 heterocycles. The van der Waals surface area contributed by atoms with Crippen LogP contribution in [0.15, 0.2) is 72.8 Å². The molecule has 0 saturated heterocycles. The Balaban J connectivity index is 0.000000122. The Morgan fingerprint density at radius 1 is 0.289 bits per heavy atom. The van der Waals surface area contributed by atoms with Crippen molar-refractivity contribution < 1.29 is 19.2 Å². The number of benzene rings is 4. The molecular weight excluding hydrogens is 977 g/mol. The lowest BCUT2D eigenvalue weighted by molar-refractivity contribution is 0.102. The van der Waals surface area contributed by atoms with Gasteiger partial charge in [-0.05, 0) is 93.7 Å². The van der Waals surface area contributed by atoms with Crippen LogP contribution in [-0.2, 0) is 0 Å². The minimum Gasteiger partial charge on any atom is -0.287 e. The van der Waals surface area contributed by atoms with E-state index in [1.807, 2.05) is 88.4 Å². The first-order valence-corrected chi connectivity index (χ1v) is 21.4. The summed E-state index contributed by atoms with van der Waals surface area (Å²) in [6.45, 7) is 7.81. The van der Waals surface area contributed by atoms with Gasteiger partial charge in [0.1, 0.15) is 34.2 Å². The first kappa shape index (κ1) is 50.2. The maximum atomic E-state index is 12.2. The average molecular weight is 1020 g/mol. The van der Waals surface area contributed by atoms with Gasteiger partial charge in [0.05, 0.1) is 0 Å². The normalized spacial score (nSPS) is 12.2. The minimum atomic E-state index is -0.134. The van der Waals surface area contributed by atoms with Crippen LogP contribution in [0, 0.1) is 27.7 Å². The molecule has 0 saturated carbocycles. The molecule has 0 unspecified atom stereocenters. The Labute approximate surface area is 427 Å². The van der Waals surface area contributed by atoms with E-state index in [1.165, 1.54) is 9.26 Å². The molecule has 76 heavy (non-hydrogen) atoms. The van der Waals surface area contributed by atoms with Gasteiger partial charge in [0.2, 0.25) is 23.1 Å². The van der Waals surface area contributed by atoms with Crippen LogP contribution in [-0.4, -0.2) is 144 Å². The van der Waals surface area contributed by atoms with E-state index in [1.54, 1.807) is 12.1 Å². The number of carbonyl (C=O) groups is 4. The smallest absolute Gasteiger partial charge is 0.287 e. The zero-order chi connectivity index (χ0) is 49.1. The molecule has 4 aromatic carbocycles. The molecule has 0 radical (unpaired) electrons. The topological polar surface area (TPSA) is 344 Å². The number of ketones is 4. The fourth-order valence-corrected chi connectivity index (χ4v) is 8.50. The number of hydrogen-bond acceptors (Lipinski definition) is 24. The van der Waals surface area contributed by atoms with Crippen LogP contribution in [0.25, 0.3) is 68.1 Å². The highest BCUT2D eigenvalue weighted by atomic mass is 16.1. The second-order valence-corrected chi connectivity index (χ2v) is 16.6. The molecule has 0 N–H and O–H groups in total. The lowest BCUT2D eigenvalue weighted by Gasteiger charge is -1.99. The molecule has 0 spiro atoms. The van der Waals surface area contributed by atoms with Crippen molar-refractivity contribution in [3.63, 3.8) is 0 Å². The van der Waals surface area contributed by atoms with Crippen LogP contribution >= 0.6 is 0 Å². The highest BCUT2D eigenvalue weighted by Crippen LogP contribution is 2.37. The van der Waals surface area contributed by atoms with Crippen LogP contribution in [0.2, 0.25) is 0 Å². The molecule has 4 aliphatic rings. The summed E-state index contributed by atoms with van der Waals surface area (Å²) in [4.78, 5) is 65.7. The monoisotopic (exact) mass is 1020 g/mol. The van der Waals surface area contributed by atoms with Crippen molar-refractivity contribution in [3.05, 3.63) is 140 Å². The number of aromatic nitrogens is 24. The molecule has 0 atom stereocenters. The second-order valence-electron chi connectivity index (χ2n) is 16.6. The van der Waals surface area contributed by atoms with Gasteiger partial charge in [0, 0.05) is 44.5 Å². The maximum absolute atomic E-state index is 12.2. The van der Waals surface area contributed by atoms with E-state index in [-0.39, 0.29) is 76.0 Å². The standard InChI is InChI=1S/4C11H6N6O.4CH4/c1-5-2-3-6-7(4-5)8-9(10(6)18)12-11-13-15-16-17(11)14-8;1-5-2-3-6-7(4-5)8-9(10(6)18)14-17-11(12-8)13-15-16-17;1-5-2-3-6-7(4-5)10(18)9-8(6)14-17-11(12-9)13-15-16-17;1-5-2-3-6-7(4-5)10(18)9-8(6)12-11-13-15-16-17(11)14-9;;;;/h4*2-4H,1H3;4*1H4. The quantitative estimate of drug-likeness (QED) is 0.204. The molecule has 0 aliphatic heterocycles. The molecule has 8 aromatic heterocycles. The van der Waals surface area contributed by atoms with Crippen molar-refractivity contribution in [3.8, 4) is 45.0 Å². The summed E-state index contributed by atoms with van der Waals surface area (Å²) >= 11 is 0. The summed E-state index contributed by atoms with van der Waals surface area (Å²) in [6, 6.07) is 22.5. The Kier molecular flexibility index (Phi) is 12.3. The van der Waals surface area contributed by atoms with Gasteiger partial charge in [-0.3, -0.25) is 19.2 Å². The van der Waals surface area contributed by atoms with Crippen molar-refractivity contribution in [1.82, 2.24) is 121 Å². The summed E-state index contributed by atoms with van der Waals surface area (Å²) in [5.41, 5.74) is 13.3. The Bertz CT molecular complexity index is 4130. The summed E-state index contributed by atoms with van der Waals surface area (Å²) in [7, 11) is 0. The van der Waals surface area contributed by atoms with Gasteiger partial charge >= 0.3 is 0 Å². The molecule has 0 bridgehead atoms. The molecule has 0 amide bonds. The minimum absolute atomic E-state index is 0.